The highest BCUT2D eigenvalue weighted by atomic mass is 15.2. The molecule has 0 amide bonds. The molecule has 0 aliphatic carbocycles. The van der Waals surface area contributed by atoms with Crippen LogP contribution in [0.1, 0.15) is 13.3 Å². The molecule has 1 rings (SSSR count). The first kappa shape index (κ1) is 13.7. The Hall–Kier alpha value is -1.36. The van der Waals surface area contributed by atoms with Crippen molar-refractivity contribution in [1.29, 1.82) is 0 Å². The third-order valence-electron chi connectivity index (χ3n) is 2.45. The van der Waals surface area contributed by atoms with Gasteiger partial charge in [0.2, 0.25) is 5.95 Å². The number of nitrogens with one attached hydrogen (secondary N) is 1. The fourth-order valence-electron chi connectivity index (χ4n) is 1.42. The lowest BCUT2D eigenvalue weighted by molar-refractivity contribution is 0.390. The third-order valence-corrected chi connectivity index (χ3v) is 2.45. The zero-order valence-corrected chi connectivity index (χ0v) is 11.4. The Kier molecular flexibility index (Phi) is 5.15. The van der Waals surface area contributed by atoms with Crippen LogP contribution in [-0.2, 0) is 0 Å². The van der Waals surface area contributed by atoms with Gasteiger partial charge in [0.05, 0.1) is 0 Å². The van der Waals surface area contributed by atoms with Crippen LogP contribution >= 0.6 is 0 Å². The quantitative estimate of drug-likeness (QED) is 0.808. The van der Waals surface area contributed by atoms with Crippen molar-refractivity contribution in [2.24, 2.45) is 0 Å². The number of hydrogen-bond donors (Lipinski definition) is 1. The van der Waals surface area contributed by atoms with E-state index < -0.39 is 0 Å². The first-order valence-electron chi connectivity index (χ1n) is 5.90. The van der Waals surface area contributed by atoms with E-state index in [4.69, 9.17) is 0 Å². The highest BCUT2D eigenvalue weighted by molar-refractivity contribution is 5.40. The van der Waals surface area contributed by atoms with E-state index in [2.05, 4.69) is 41.2 Å². The van der Waals surface area contributed by atoms with Gasteiger partial charge in [0.15, 0.2) is 0 Å². The van der Waals surface area contributed by atoms with Gasteiger partial charge in [-0.25, -0.2) is 4.98 Å². The predicted octanol–water partition coefficient (Wildman–Crippen LogP) is 1.29. The number of anilines is 2. The molecule has 0 radical (unpaired) electrons. The summed E-state index contributed by atoms with van der Waals surface area (Å²) < 4.78 is 0. The number of hydrogen-bond acceptors (Lipinski definition) is 5. The Morgan fingerprint density at radius 2 is 2.00 bits per heavy atom. The Morgan fingerprint density at radius 1 is 1.29 bits per heavy atom. The summed E-state index contributed by atoms with van der Waals surface area (Å²) in [6, 6.07) is 2.31. The van der Waals surface area contributed by atoms with Crippen LogP contribution in [0.2, 0.25) is 0 Å². The van der Waals surface area contributed by atoms with Gasteiger partial charge in [-0.15, -0.1) is 0 Å². The second-order valence-electron chi connectivity index (χ2n) is 4.77. The van der Waals surface area contributed by atoms with E-state index in [1.807, 2.05) is 25.1 Å². The van der Waals surface area contributed by atoms with E-state index in [-0.39, 0.29) is 0 Å². The van der Waals surface area contributed by atoms with E-state index in [1.165, 1.54) is 0 Å². The molecule has 1 aromatic rings. The maximum Gasteiger partial charge on any atom is 0.226 e. The minimum Gasteiger partial charge on any atom is -0.367 e. The van der Waals surface area contributed by atoms with Crippen LogP contribution < -0.4 is 10.2 Å². The van der Waals surface area contributed by atoms with Crippen LogP contribution in [0.4, 0.5) is 11.8 Å². The van der Waals surface area contributed by atoms with Crippen LogP contribution in [-0.4, -0.2) is 55.6 Å². The Balaban J connectivity index is 2.53. The standard InChI is InChI=1S/C12H23N5/c1-10(7-9-16(2)3)14-11-6-8-13-12(15-11)17(4)5/h6,8,10H,7,9H2,1-5H3,(H,13,14,15). The molecule has 1 atom stereocenters. The second kappa shape index (κ2) is 6.39. The van der Waals surface area contributed by atoms with Gasteiger partial charge in [0, 0.05) is 26.3 Å². The molecule has 1 heterocycles. The van der Waals surface area contributed by atoms with E-state index in [1.54, 1.807) is 6.20 Å². The Morgan fingerprint density at radius 3 is 2.59 bits per heavy atom. The van der Waals surface area contributed by atoms with E-state index in [0.29, 0.717) is 6.04 Å². The first-order chi connectivity index (χ1) is 7.99. The molecule has 0 saturated heterocycles. The summed E-state index contributed by atoms with van der Waals surface area (Å²) in [4.78, 5) is 12.7. The van der Waals surface area contributed by atoms with Crippen LogP contribution in [0.25, 0.3) is 0 Å². The largest absolute Gasteiger partial charge is 0.367 e. The lowest BCUT2D eigenvalue weighted by Gasteiger charge is -2.18. The summed E-state index contributed by atoms with van der Waals surface area (Å²) in [7, 11) is 8.05. The van der Waals surface area contributed by atoms with Crippen LogP contribution in [0, 0.1) is 0 Å². The Bertz CT molecular complexity index is 337. The van der Waals surface area contributed by atoms with Gasteiger partial charge < -0.3 is 15.1 Å². The van der Waals surface area contributed by atoms with Gasteiger partial charge in [-0.3, -0.25) is 0 Å². The monoisotopic (exact) mass is 237 g/mol. The van der Waals surface area contributed by atoms with Crippen molar-refractivity contribution in [1.82, 2.24) is 14.9 Å². The minimum atomic E-state index is 0.405. The van der Waals surface area contributed by atoms with E-state index in [9.17, 15) is 0 Å². The molecular weight excluding hydrogens is 214 g/mol. The van der Waals surface area contributed by atoms with Crippen molar-refractivity contribution in [2.75, 3.05) is 45.0 Å². The molecule has 0 spiro atoms. The first-order valence-corrected chi connectivity index (χ1v) is 5.90. The van der Waals surface area contributed by atoms with Crippen LogP contribution in [0.15, 0.2) is 12.3 Å². The summed E-state index contributed by atoms with van der Waals surface area (Å²) in [5.74, 6) is 1.62. The molecule has 1 N–H and O–H groups in total. The highest BCUT2D eigenvalue weighted by Gasteiger charge is 2.05. The maximum absolute atomic E-state index is 4.43. The molecule has 0 aliphatic heterocycles. The number of rotatable bonds is 6. The van der Waals surface area contributed by atoms with Crippen molar-refractivity contribution in [3.63, 3.8) is 0 Å². The van der Waals surface area contributed by atoms with Crippen LogP contribution in [0.3, 0.4) is 0 Å². The third kappa shape index (κ3) is 4.99. The van der Waals surface area contributed by atoms with Gasteiger partial charge in [-0.1, -0.05) is 0 Å². The maximum atomic E-state index is 4.43. The SMILES string of the molecule is CC(CCN(C)C)Nc1ccnc(N(C)C)n1. The smallest absolute Gasteiger partial charge is 0.226 e. The summed E-state index contributed by atoms with van der Waals surface area (Å²) >= 11 is 0. The Labute approximate surface area is 104 Å². The summed E-state index contributed by atoms with van der Waals surface area (Å²) in [6.07, 6.45) is 2.87. The predicted molar refractivity (Wildman–Crippen MR) is 72.6 cm³/mol. The fraction of sp³-hybridized carbons (Fsp3) is 0.667. The van der Waals surface area contributed by atoms with Gasteiger partial charge in [-0.05, 0) is 40.1 Å². The molecule has 1 aromatic heterocycles. The zero-order valence-electron chi connectivity index (χ0n) is 11.4. The van der Waals surface area contributed by atoms with Gasteiger partial charge in [0.1, 0.15) is 5.82 Å². The van der Waals surface area contributed by atoms with E-state index >= 15 is 0 Å². The molecule has 1 unspecified atom stereocenters. The van der Waals surface area contributed by atoms with Crippen molar-refractivity contribution in [3.05, 3.63) is 12.3 Å². The normalized spacial score (nSPS) is 12.6. The summed E-state index contributed by atoms with van der Waals surface area (Å²) in [5.41, 5.74) is 0. The van der Waals surface area contributed by atoms with Crippen molar-refractivity contribution in [3.8, 4) is 0 Å². The molecule has 5 heteroatoms. The molecule has 0 saturated carbocycles. The molecule has 5 nitrogen and oxygen atoms in total. The topological polar surface area (TPSA) is 44.3 Å². The average molecular weight is 237 g/mol. The summed E-state index contributed by atoms with van der Waals surface area (Å²) in [6.45, 7) is 3.24. The van der Waals surface area contributed by atoms with Gasteiger partial charge in [0.25, 0.3) is 0 Å². The van der Waals surface area contributed by atoms with E-state index in [0.717, 1.165) is 24.7 Å². The van der Waals surface area contributed by atoms with Crippen molar-refractivity contribution >= 4 is 11.8 Å². The van der Waals surface area contributed by atoms with Crippen molar-refractivity contribution < 1.29 is 0 Å². The number of nitrogens with zero attached hydrogens (tertiary/aromatic N) is 4. The fourth-order valence-corrected chi connectivity index (χ4v) is 1.42. The van der Waals surface area contributed by atoms with Gasteiger partial charge >= 0.3 is 0 Å². The molecule has 0 fully saturated rings. The van der Waals surface area contributed by atoms with Crippen molar-refractivity contribution in [2.45, 2.75) is 19.4 Å². The molecule has 0 aliphatic rings. The molecular formula is C12H23N5. The summed E-state index contributed by atoms with van der Waals surface area (Å²) in [5, 5.41) is 3.39. The minimum absolute atomic E-state index is 0.405. The molecule has 17 heavy (non-hydrogen) atoms. The molecule has 96 valence electrons. The lowest BCUT2D eigenvalue weighted by atomic mass is 10.2. The lowest BCUT2D eigenvalue weighted by Crippen LogP contribution is -2.23. The molecule has 0 aromatic carbocycles. The van der Waals surface area contributed by atoms with Gasteiger partial charge in [-0.2, -0.15) is 4.98 Å². The zero-order chi connectivity index (χ0) is 12.8. The number of aromatic nitrogens is 2. The molecule has 0 bridgehead atoms. The van der Waals surface area contributed by atoms with Crippen LogP contribution in [0.5, 0.6) is 0 Å². The average Bonchev–Trinajstić information content (AvgIpc) is 2.26. The highest BCUT2D eigenvalue weighted by Crippen LogP contribution is 2.10. The second-order valence-corrected chi connectivity index (χ2v) is 4.77.